The number of fused-ring (bicyclic) bond motifs is 1. The van der Waals surface area contributed by atoms with E-state index in [1.807, 2.05) is 12.1 Å². The molecule has 0 atom stereocenters. The molecule has 0 heterocycles. The summed E-state index contributed by atoms with van der Waals surface area (Å²) in [6.45, 7) is 0.637. The molecule has 0 aliphatic heterocycles. The molecule has 0 fully saturated rings. The second-order valence-corrected chi connectivity index (χ2v) is 8.54. The van der Waals surface area contributed by atoms with Crippen LogP contribution in [0.15, 0.2) is 66.7 Å². The van der Waals surface area contributed by atoms with Crippen molar-refractivity contribution in [3.05, 3.63) is 106 Å². The first kappa shape index (κ1) is 23.3. The maximum absolute atomic E-state index is 15.1. The van der Waals surface area contributed by atoms with Crippen molar-refractivity contribution in [3.8, 4) is 11.1 Å². The number of rotatable bonds is 8. The van der Waals surface area contributed by atoms with E-state index in [-0.39, 0.29) is 16.7 Å². The van der Waals surface area contributed by atoms with E-state index < -0.39 is 5.82 Å². The molecular formula is C28H24ClF3O. The van der Waals surface area contributed by atoms with Crippen LogP contribution in [0.2, 0.25) is 5.02 Å². The number of ether oxygens (including phenoxy) is 1. The molecule has 4 aromatic rings. The van der Waals surface area contributed by atoms with Gasteiger partial charge in [-0.15, -0.1) is 0 Å². The third-order valence-corrected chi connectivity index (χ3v) is 6.17. The molecule has 0 radical (unpaired) electrons. The third kappa shape index (κ3) is 5.40. The lowest BCUT2D eigenvalue weighted by Gasteiger charge is -2.11. The number of aryl methyl sites for hydroxylation is 3. The normalized spacial score (nSPS) is 11.3. The highest BCUT2D eigenvalue weighted by molar-refractivity contribution is 6.30. The van der Waals surface area contributed by atoms with Crippen LogP contribution in [0.4, 0.5) is 13.2 Å². The largest absolute Gasteiger partial charge is 0.385 e. The van der Waals surface area contributed by atoms with E-state index in [4.69, 9.17) is 16.3 Å². The molecule has 0 aromatic heterocycles. The standard InChI is InChI=1S/C28H24ClF3O/c1-33-14-2-3-18-5-11-23(26(30)15-18)21-10-12-24-22(17-21)9-8-20(28(24)32)7-4-19-6-13-25(29)27(31)16-19/h5-6,8-13,15-17H,2-4,7,14H2,1H3. The molecule has 0 aliphatic carbocycles. The van der Waals surface area contributed by atoms with Crippen molar-refractivity contribution < 1.29 is 17.9 Å². The minimum absolute atomic E-state index is 0.0728. The second kappa shape index (κ2) is 10.4. The summed E-state index contributed by atoms with van der Waals surface area (Å²) in [6, 6.07) is 18.7. The first-order valence-electron chi connectivity index (χ1n) is 10.9. The van der Waals surface area contributed by atoms with E-state index in [9.17, 15) is 8.78 Å². The number of methoxy groups -OCH3 is 1. The molecule has 0 saturated heterocycles. The van der Waals surface area contributed by atoms with Crippen LogP contribution in [0.5, 0.6) is 0 Å². The molecule has 0 bridgehead atoms. The van der Waals surface area contributed by atoms with Crippen molar-refractivity contribution in [1.29, 1.82) is 0 Å². The zero-order valence-electron chi connectivity index (χ0n) is 18.3. The quantitative estimate of drug-likeness (QED) is 0.238. The monoisotopic (exact) mass is 468 g/mol. The van der Waals surface area contributed by atoms with Crippen LogP contribution in [0.1, 0.15) is 23.1 Å². The summed E-state index contributed by atoms with van der Waals surface area (Å²) in [5.41, 5.74) is 3.42. The van der Waals surface area contributed by atoms with Crippen molar-refractivity contribution >= 4 is 22.4 Å². The number of hydrogen-bond acceptors (Lipinski definition) is 1. The Balaban J connectivity index is 1.54. The zero-order valence-corrected chi connectivity index (χ0v) is 19.1. The average molecular weight is 469 g/mol. The predicted molar refractivity (Wildman–Crippen MR) is 128 cm³/mol. The Morgan fingerprint density at radius 1 is 0.758 bits per heavy atom. The summed E-state index contributed by atoms with van der Waals surface area (Å²) < 4.78 is 48.6. The highest BCUT2D eigenvalue weighted by Crippen LogP contribution is 2.30. The molecule has 0 N–H and O–H groups in total. The molecule has 0 aliphatic rings. The summed E-state index contributed by atoms with van der Waals surface area (Å²) in [5.74, 6) is -1.07. The number of halogens is 4. The molecule has 1 nitrogen and oxygen atoms in total. The van der Waals surface area contributed by atoms with E-state index in [1.54, 1.807) is 49.6 Å². The van der Waals surface area contributed by atoms with E-state index in [1.165, 1.54) is 12.1 Å². The smallest absolute Gasteiger partial charge is 0.142 e. The Labute approximate surface area is 196 Å². The molecule has 170 valence electrons. The van der Waals surface area contributed by atoms with Gasteiger partial charge in [-0.1, -0.05) is 54.1 Å². The van der Waals surface area contributed by atoms with Gasteiger partial charge >= 0.3 is 0 Å². The van der Waals surface area contributed by atoms with Gasteiger partial charge in [-0.2, -0.15) is 0 Å². The highest BCUT2D eigenvalue weighted by Gasteiger charge is 2.12. The van der Waals surface area contributed by atoms with Crippen molar-refractivity contribution in [2.45, 2.75) is 25.7 Å². The van der Waals surface area contributed by atoms with Crippen molar-refractivity contribution in [3.63, 3.8) is 0 Å². The summed E-state index contributed by atoms with van der Waals surface area (Å²) in [7, 11) is 1.65. The minimum atomic E-state index is -0.476. The zero-order chi connectivity index (χ0) is 23.4. The summed E-state index contributed by atoms with van der Waals surface area (Å²) >= 11 is 5.73. The Kier molecular flexibility index (Phi) is 7.36. The first-order chi connectivity index (χ1) is 16.0. The predicted octanol–water partition coefficient (Wildman–Crippen LogP) is 7.94. The summed E-state index contributed by atoms with van der Waals surface area (Å²) in [5, 5.41) is 1.26. The van der Waals surface area contributed by atoms with Crippen LogP contribution in [-0.4, -0.2) is 13.7 Å². The molecule has 4 rings (SSSR count). The van der Waals surface area contributed by atoms with Crippen LogP contribution in [0.25, 0.3) is 21.9 Å². The fourth-order valence-corrected chi connectivity index (χ4v) is 4.16. The fraction of sp³-hybridized carbons (Fsp3) is 0.214. The van der Waals surface area contributed by atoms with Crippen molar-refractivity contribution in [2.75, 3.05) is 13.7 Å². The van der Waals surface area contributed by atoms with Gasteiger partial charge in [0.2, 0.25) is 0 Å². The average Bonchev–Trinajstić information content (AvgIpc) is 2.81. The molecule has 0 spiro atoms. The number of hydrogen-bond donors (Lipinski definition) is 0. The Bertz CT molecular complexity index is 1290. The summed E-state index contributed by atoms with van der Waals surface area (Å²) in [4.78, 5) is 0. The van der Waals surface area contributed by atoms with Crippen LogP contribution in [-0.2, 0) is 24.0 Å². The van der Waals surface area contributed by atoms with Crippen LogP contribution in [0.3, 0.4) is 0 Å². The lowest BCUT2D eigenvalue weighted by molar-refractivity contribution is 0.195. The maximum atomic E-state index is 15.1. The van der Waals surface area contributed by atoms with Crippen LogP contribution >= 0.6 is 11.6 Å². The Morgan fingerprint density at radius 2 is 1.52 bits per heavy atom. The van der Waals surface area contributed by atoms with E-state index in [2.05, 4.69) is 0 Å². The van der Waals surface area contributed by atoms with Gasteiger partial charge < -0.3 is 4.74 Å². The first-order valence-corrected chi connectivity index (χ1v) is 11.3. The Morgan fingerprint density at radius 3 is 2.27 bits per heavy atom. The van der Waals surface area contributed by atoms with E-state index >= 15 is 4.39 Å². The SMILES string of the molecule is COCCCc1ccc(-c2ccc3c(F)c(CCc4ccc(Cl)c(F)c4)ccc3c2)c(F)c1. The third-order valence-electron chi connectivity index (χ3n) is 5.86. The van der Waals surface area contributed by atoms with Crippen molar-refractivity contribution in [2.24, 2.45) is 0 Å². The highest BCUT2D eigenvalue weighted by atomic mass is 35.5. The van der Waals surface area contributed by atoms with Gasteiger partial charge in [-0.3, -0.25) is 0 Å². The van der Waals surface area contributed by atoms with E-state index in [0.29, 0.717) is 46.9 Å². The second-order valence-electron chi connectivity index (χ2n) is 8.13. The van der Waals surface area contributed by atoms with Crippen LogP contribution in [0, 0.1) is 17.5 Å². The summed E-state index contributed by atoms with van der Waals surface area (Å²) in [6.07, 6.45) is 2.51. The molecule has 4 aromatic carbocycles. The van der Waals surface area contributed by atoms with Gasteiger partial charge in [0.25, 0.3) is 0 Å². The van der Waals surface area contributed by atoms with Gasteiger partial charge in [0.1, 0.15) is 17.5 Å². The minimum Gasteiger partial charge on any atom is -0.385 e. The van der Waals surface area contributed by atoms with Gasteiger partial charge in [-0.25, -0.2) is 13.2 Å². The van der Waals surface area contributed by atoms with Gasteiger partial charge in [-0.05, 0) is 77.6 Å². The van der Waals surface area contributed by atoms with Gasteiger partial charge in [0.15, 0.2) is 0 Å². The lowest BCUT2D eigenvalue weighted by atomic mass is 9.96. The molecule has 5 heteroatoms. The molecular weight excluding hydrogens is 445 g/mol. The van der Waals surface area contributed by atoms with Crippen molar-refractivity contribution in [1.82, 2.24) is 0 Å². The molecule has 0 amide bonds. The Hall–Kier alpha value is -2.82. The van der Waals surface area contributed by atoms with Crippen LogP contribution < -0.4 is 0 Å². The maximum Gasteiger partial charge on any atom is 0.142 e. The topological polar surface area (TPSA) is 9.23 Å². The van der Waals surface area contributed by atoms with Gasteiger partial charge in [0, 0.05) is 24.7 Å². The van der Waals surface area contributed by atoms with Gasteiger partial charge in [0.05, 0.1) is 5.02 Å². The molecule has 0 unspecified atom stereocenters. The fourth-order valence-electron chi connectivity index (χ4n) is 4.04. The molecule has 0 saturated carbocycles. The number of benzene rings is 4. The van der Waals surface area contributed by atoms with E-state index in [0.717, 1.165) is 24.0 Å². The lowest BCUT2D eigenvalue weighted by Crippen LogP contribution is -1.97. The molecule has 33 heavy (non-hydrogen) atoms.